The van der Waals surface area contributed by atoms with Crippen LogP contribution < -0.4 is 19.8 Å². The summed E-state index contributed by atoms with van der Waals surface area (Å²) in [6.45, 7) is -0.0269. The van der Waals surface area contributed by atoms with Gasteiger partial charge in [-0.25, -0.2) is 9.59 Å². The second-order valence-corrected chi connectivity index (χ2v) is 6.73. The Hall–Kier alpha value is -3.78. The molecule has 1 heterocycles. The van der Waals surface area contributed by atoms with E-state index in [-0.39, 0.29) is 47.8 Å². The number of carbonyl (C=O) groups is 1. The zero-order valence-corrected chi connectivity index (χ0v) is 18.0. The van der Waals surface area contributed by atoms with Crippen LogP contribution in [0.25, 0.3) is 11.1 Å². The Bertz CT molecular complexity index is 1130. The van der Waals surface area contributed by atoms with E-state index >= 15 is 0 Å². The van der Waals surface area contributed by atoms with Crippen molar-refractivity contribution < 1.29 is 33.3 Å². The van der Waals surface area contributed by atoms with Gasteiger partial charge in [0.15, 0.2) is 11.5 Å². The van der Waals surface area contributed by atoms with Crippen LogP contribution in [0, 0.1) is 0 Å². The van der Waals surface area contributed by atoms with Crippen LogP contribution in [-0.4, -0.2) is 39.0 Å². The summed E-state index contributed by atoms with van der Waals surface area (Å²) in [6, 6.07) is 13.9. The molecule has 2 aromatic carbocycles. The van der Waals surface area contributed by atoms with Gasteiger partial charge < -0.3 is 28.5 Å². The Balaban J connectivity index is 2.21. The van der Waals surface area contributed by atoms with Crippen LogP contribution in [0.2, 0.25) is 0 Å². The van der Waals surface area contributed by atoms with Crippen molar-refractivity contribution in [1.82, 2.24) is 0 Å². The smallest absolute Gasteiger partial charge is 0.347 e. The molecule has 3 rings (SSSR count). The third-order valence-electron chi connectivity index (χ3n) is 4.76. The van der Waals surface area contributed by atoms with E-state index in [1.165, 1.54) is 39.5 Å². The Morgan fingerprint density at radius 1 is 0.969 bits per heavy atom. The van der Waals surface area contributed by atoms with Crippen LogP contribution in [0.15, 0.2) is 57.7 Å². The molecule has 0 aliphatic rings. The Labute approximate surface area is 184 Å². The van der Waals surface area contributed by atoms with Crippen molar-refractivity contribution in [1.29, 1.82) is 0 Å². The predicted octanol–water partition coefficient (Wildman–Crippen LogP) is 3.22. The number of hydrogen-bond acceptors (Lipinski definition) is 8. The number of benzene rings is 2. The minimum Gasteiger partial charge on any atom is -0.493 e. The number of ether oxygens (including phenoxy) is 4. The van der Waals surface area contributed by atoms with E-state index in [4.69, 9.17) is 23.4 Å². The first kappa shape index (κ1) is 22.9. The van der Waals surface area contributed by atoms with E-state index < -0.39 is 11.6 Å². The molecule has 168 valence electrons. The molecule has 0 unspecified atom stereocenters. The number of carbonyl (C=O) groups excluding carboxylic acids is 1. The first-order chi connectivity index (χ1) is 15.5. The molecular weight excluding hydrogens is 416 g/mol. The zero-order valence-electron chi connectivity index (χ0n) is 18.0. The molecule has 0 aliphatic heterocycles. The fraction of sp³-hybridized carbons (Fsp3) is 0.250. The first-order valence-electron chi connectivity index (χ1n) is 9.81. The van der Waals surface area contributed by atoms with Crippen LogP contribution in [0.5, 0.6) is 17.2 Å². The number of rotatable bonds is 9. The summed E-state index contributed by atoms with van der Waals surface area (Å²) < 4.78 is 26.9. The fourth-order valence-electron chi connectivity index (χ4n) is 3.21. The van der Waals surface area contributed by atoms with Crippen molar-refractivity contribution in [2.45, 2.75) is 13.0 Å². The Morgan fingerprint density at radius 3 is 2.28 bits per heavy atom. The lowest BCUT2D eigenvalue weighted by Gasteiger charge is -2.16. The number of methoxy groups -OCH3 is 3. The van der Waals surface area contributed by atoms with Crippen molar-refractivity contribution in [3.63, 3.8) is 0 Å². The lowest BCUT2D eigenvalue weighted by atomic mass is 9.99. The average molecular weight is 440 g/mol. The van der Waals surface area contributed by atoms with Gasteiger partial charge in [-0.15, -0.1) is 0 Å². The van der Waals surface area contributed by atoms with Crippen molar-refractivity contribution in [3.05, 3.63) is 75.8 Å². The molecule has 1 N–H and O–H groups in total. The molecule has 32 heavy (non-hydrogen) atoms. The minimum atomic E-state index is -0.726. The summed E-state index contributed by atoms with van der Waals surface area (Å²) >= 11 is 0. The lowest BCUT2D eigenvalue weighted by molar-refractivity contribution is 0.0601. The highest BCUT2D eigenvalue weighted by molar-refractivity contribution is 5.99. The lowest BCUT2D eigenvalue weighted by Crippen LogP contribution is -2.13. The van der Waals surface area contributed by atoms with Gasteiger partial charge in [-0.05, 0) is 17.7 Å². The summed E-state index contributed by atoms with van der Waals surface area (Å²) in [5, 5.41) is 9.28. The quantitative estimate of drug-likeness (QED) is 0.506. The molecule has 0 saturated carbocycles. The molecule has 8 heteroatoms. The average Bonchev–Trinajstić information content (AvgIpc) is 2.82. The van der Waals surface area contributed by atoms with E-state index in [1.807, 2.05) is 30.3 Å². The molecule has 0 atom stereocenters. The largest absolute Gasteiger partial charge is 0.493 e. The van der Waals surface area contributed by atoms with Crippen molar-refractivity contribution >= 4 is 5.97 Å². The van der Waals surface area contributed by atoms with Crippen LogP contribution in [0.3, 0.4) is 0 Å². The van der Waals surface area contributed by atoms with Gasteiger partial charge in [0, 0.05) is 18.1 Å². The van der Waals surface area contributed by atoms with Gasteiger partial charge in [0.1, 0.15) is 23.7 Å². The van der Waals surface area contributed by atoms with Gasteiger partial charge >= 0.3 is 11.6 Å². The Morgan fingerprint density at radius 2 is 1.66 bits per heavy atom. The van der Waals surface area contributed by atoms with Gasteiger partial charge in [-0.1, -0.05) is 30.3 Å². The Kier molecular flexibility index (Phi) is 7.51. The van der Waals surface area contributed by atoms with Crippen molar-refractivity contribution in [2.24, 2.45) is 0 Å². The zero-order chi connectivity index (χ0) is 23.1. The van der Waals surface area contributed by atoms with Gasteiger partial charge in [-0.3, -0.25) is 0 Å². The van der Waals surface area contributed by atoms with Gasteiger partial charge in [0.05, 0.1) is 33.5 Å². The number of aliphatic hydroxyl groups is 1. The molecular formula is C24H24O8. The number of hydrogen-bond donors (Lipinski definition) is 1. The molecule has 0 saturated heterocycles. The van der Waals surface area contributed by atoms with E-state index in [9.17, 15) is 14.7 Å². The standard InChI is InChI=1S/C24H24O8/c1-28-19-12-17(18(23(26)30-3)13-20(19)29-2)22-21(11-16(9-10-25)32-24(22)27)31-14-15-7-5-4-6-8-15/h4-8,11-13,25H,9-10,14H2,1-3H3. The molecule has 0 aliphatic carbocycles. The predicted molar refractivity (Wildman–Crippen MR) is 116 cm³/mol. The summed E-state index contributed by atoms with van der Waals surface area (Å²) in [7, 11) is 4.12. The SMILES string of the molecule is COC(=O)c1cc(OC)c(OC)cc1-c1c(OCc2ccccc2)cc(CCO)oc1=O. The molecule has 0 spiro atoms. The summed E-state index contributed by atoms with van der Waals surface area (Å²) in [5.41, 5.74) is 0.482. The number of aliphatic hydroxyl groups excluding tert-OH is 1. The summed E-state index contributed by atoms with van der Waals surface area (Å²) in [4.78, 5) is 25.5. The van der Waals surface area contributed by atoms with E-state index in [0.29, 0.717) is 11.5 Å². The van der Waals surface area contributed by atoms with E-state index in [1.54, 1.807) is 0 Å². The highest BCUT2D eigenvalue weighted by atomic mass is 16.5. The van der Waals surface area contributed by atoms with Gasteiger partial charge in [-0.2, -0.15) is 0 Å². The second-order valence-electron chi connectivity index (χ2n) is 6.73. The van der Waals surface area contributed by atoms with Crippen LogP contribution in [-0.2, 0) is 17.8 Å². The maximum absolute atomic E-state index is 13.0. The highest BCUT2D eigenvalue weighted by Crippen LogP contribution is 2.38. The van der Waals surface area contributed by atoms with Crippen LogP contribution in [0.4, 0.5) is 0 Å². The fourth-order valence-corrected chi connectivity index (χ4v) is 3.21. The molecule has 8 nitrogen and oxygen atoms in total. The molecule has 0 radical (unpaired) electrons. The first-order valence-corrected chi connectivity index (χ1v) is 9.81. The third kappa shape index (κ3) is 4.92. The molecule has 0 fully saturated rings. The molecule has 0 amide bonds. The highest BCUT2D eigenvalue weighted by Gasteiger charge is 2.25. The molecule has 1 aromatic heterocycles. The third-order valence-corrected chi connectivity index (χ3v) is 4.76. The van der Waals surface area contributed by atoms with Gasteiger partial charge in [0.2, 0.25) is 0 Å². The minimum absolute atomic E-state index is 0.0315. The van der Waals surface area contributed by atoms with Crippen LogP contribution >= 0.6 is 0 Å². The molecule has 3 aromatic rings. The maximum Gasteiger partial charge on any atom is 0.347 e. The van der Waals surface area contributed by atoms with E-state index in [2.05, 4.69) is 0 Å². The second kappa shape index (κ2) is 10.5. The summed E-state index contributed by atoms with van der Waals surface area (Å²) in [5.74, 6) is 0.386. The maximum atomic E-state index is 13.0. The van der Waals surface area contributed by atoms with Crippen molar-refractivity contribution in [3.8, 4) is 28.4 Å². The van der Waals surface area contributed by atoms with E-state index in [0.717, 1.165) is 5.56 Å². The topological polar surface area (TPSA) is 104 Å². The van der Waals surface area contributed by atoms with Crippen LogP contribution in [0.1, 0.15) is 21.7 Å². The van der Waals surface area contributed by atoms with Gasteiger partial charge in [0.25, 0.3) is 0 Å². The molecule has 0 bridgehead atoms. The van der Waals surface area contributed by atoms with Crippen molar-refractivity contribution in [2.75, 3.05) is 27.9 Å². The monoisotopic (exact) mass is 440 g/mol. The normalized spacial score (nSPS) is 10.5. The summed E-state index contributed by atoms with van der Waals surface area (Å²) in [6.07, 6.45) is 0.132. The number of esters is 1.